The van der Waals surface area contributed by atoms with Gasteiger partial charge in [-0.3, -0.25) is 9.59 Å². The topological polar surface area (TPSA) is 76.9 Å². The first kappa shape index (κ1) is 17.1. The quantitative estimate of drug-likeness (QED) is 0.592. The first-order valence-electron chi connectivity index (χ1n) is 8.32. The SMILES string of the molecule is Cc1cc(-c2nc3cccnc3s2)ccc1NC(=O)c1cccn(C)c1=O. The van der Waals surface area contributed by atoms with E-state index in [1.165, 1.54) is 22.0 Å². The number of benzene rings is 1. The number of hydrogen-bond acceptors (Lipinski definition) is 5. The van der Waals surface area contributed by atoms with Gasteiger partial charge in [0, 0.05) is 30.7 Å². The van der Waals surface area contributed by atoms with Crippen LogP contribution in [0.15, 0.2) is 59.7 Å². The molecule has 0 fully saturated rings. The van der Waals surface area contributed by atoms with E-state index in [1.807, 2.05) is 37.3 Å². The number of nitrogens with zero attached hydrogens (tertiary/aromatic N) is 3. The lowest BCUT2D eigenvalue weighted by Crippen LogP contribution is -2.27. The van der Waals surface area contributed by atoms with Crippen molar-refractivity contribution in [2.75, 3.05) is 5.32 Å². The summed E-state index contributed by atoms with van der Waals surface area (Å²) in [5.74, 6) is -0.420. The fraction of sp³-hybridized carbons (Fsp3) is 0.100. The minimum Gasteiger partial charge on any atom is -0.322 e. The van der Waals surface area contributed by atoms with Crippen molar-refractivity contribution in [1.82, 2.24) is 14.5 Å². The van der Waals surface area contributed by atoms with Crippen LogP contribution in [0.2, 0.25) is 0 Å². The summed E-state index contributed by atoms with van der Waals surface area (Å²) in [4.78, 5) is 34.4. The van der Waals surface area contributed by atoms with E-state index in [9.17, 15) is 9.59 Å². The van der Waals surface area contributed by atoms with Gasteiger partial charge in [-0.05, 0) is 55.0 Å². The molecule has 0 spiro atoms. The number of carbonyl (C=O) groups excluding carboxylic acids is 1. The molecule has 0 bridgehead atoms. The maximum absolute atomic E-state index is 12.5. The molecular formula is C20H16N4O2S. The Hall–Kier alpha value is -3.32. The van der Waals surface area contributed by atoms with Crippen molar-refractivity contribution in [2.45, 2.75) is 6.92 Å². The van der Waals surface area contributed by atoms with Crippen molar-refractivity contribution >= 4 is 33.3 Å². The van der Waals surface area contributed by atoms with Crippen LogP contribution in [0.5, 0.6) is 0 Å². The largest absolute Gasteiger partial charge is 0.322 e. The smallest absolute Gasteiger partial charge is 0.263 e. The molecule has 4 rings (SSSR count). The minimum atomic E-state index is -0.420. The summed E-state index contributed by atoms with van der Waals surface area (Å²) in [7, 11) is 1.62. The number of nitrogens with one attached hydrogen (secondary N) is 1. The lowest BCUT2D eigenvalue weighted by molar-refractivity contribution is 0.102. The van der Waals surface area contributed by atoms with E-state index in [-0.39, 0.29) is 11.1 Å². The summed E-state index contributed by atoms with van der Waals surface area (Å²) < 4.78 is 1.38. The zero-order valence-corrected chi connectivity index (χ0v) is 15.6. The molecule has 1 N–H and O–H groups in total. The highest BCUT2D eigenvalue weighted by molar-refractivity contribution is 7.21. The Morgan fingerprint density at radius 3 is 2.81 bits per heavy atom. The van der Waals surface area contributed by atoms with Gasteiger partial charge in [-0.25, -0.2) is 9.97 Å². The number of aromatic nitrogens is 3. The van der Waals surface area contributed by atoms with Gasteiger partial charge in [0.15, 0.2) is 0 Å². The molecule has 0 aliphatic carbocycles. The molecule has 0 saturated heterocycles. The summed E-state index contributed by atoms with van der Waals surface area (Å²) in [5.41, 5.74) is 3.17. The van der Waals surface area contributed by atoms with Crippen molar-refractivity contribution < 1.29 is 4.79 Å². The standard InChI is InChI=1S/C20H16N4O2S/c1-12-11-13(18-23-16-6-3-9-21-19(16)27-18)7-8-15(12)22-17(25)14-5-4-10-24(2)20(14)26/h3-11H,1-2H3,(H,22,25). The highest BCUT2D eigenvalue weighted by Gasteiger charge is 2.14. The van der Waals surface area contributed by atoms with Crippen LogP contribution in [-0.2, 0) is 7.05 Å². The van der Waals surface area contributed by atoms with Gasteiger partial charge in [-0.15, -0.1) is 0 Å². The Morgan fingerprint density at radius 1 is 1.19 bits per heavy atom. The Labute approximate surface area is 159 Å². The van der Waals surface area contributed by atoms with Gasteiger partial charge in [-0.1, -0.05) is 11.3 Å². The Kier molecular flexibility index (Phi) is 4.29. The third-order valence-corrected chi connectivity index (χ3v) is 5.28. The van der Waals surface area contributed by atoms with Crippen LogP contribution < -0.4 is 10.9 Å². The predicted octanol–water partition coefficient (Wildman–Crippen LogP) is 3.62. The number of hydrogen-bond donors (Lipinski definition) is 1. The molecule has 1 aromatic carbocycles. The lowest BCUT2D eigenvalue weighted by Gasteiger charge is -2.10. The number of pyridine rings is 2. The average molecular weight is 376 g/mol. The number of anilines is 1. The minimum absolute atomic E-state index is 0.112. The average Bonchev–Trinajstić information content (AvgIpc) is 3.09. The van der Waals surface area contributed by atoms with Gasteiger partial charge >= 0.3 is 0 Å². The molecule has 0 radical (unpaired) electrons. The van der Waals surface area contributed by atoms with E-state index in [4.69, 9.17) is 0 Å². The molecule has 3 aromatic heterocycles. The highest BCUT2D eigenvalue weighted by atomic mass is 32.1. The number of thiazole rings is 1. The molecule has 134 valence electrons. The van der Waals surface area contributed by atoms with Crippen LogP contribution in [0.1, 0.15) is 15.9 Å². The Balaban J connectivity index is 1.63. The first-order chi connectivity index (χ1) is 13.0. The van der Waals surface area contributed by atoms with Crippen molar-refractivity contribution in [2.24, 2.45) is 7.05 Å². The zero-order valence-electron chi connectivity index (χ0n) is 14.8. The van der Waals surface area contributed by atoms with Crippen LogP contribution in [0, 0.1) is 6.92 Å². The van der Waals surface area contributed by atoms with Gasteiger partial charge in [-0.2, -0.15) is 0 Å². The monoisotopic (exact) mass is 376 g/mol. The van der Waals surface area contributed by atoms with Crippen molar-refractivity contribution in [3.05, 3.63) is 76.3 Å². The van der Waals surface area contributed by atoms with Gasteiger partial charge < -0.3 is 9.88 Å². The summed E-state index contributed by atoms with van der Waals surface area (Å²) in [6, 6.07) is 12.7. The summed E-state index contributed by atoms with van der Waals surface area (Å²) in [6.45, 7) is 1.91. The van der Waals surface area contributed by atoms with E-state index in [0.29, 0.717) is 5.69 Å². The van der Waals surface area contributed by atoms with E-state index in [2.05, 4.69) is 15.3 Å². The Bertz CT molecular complexity index is 1190. The van der Waals surface area contributed by atoms with Gasteiger partial charge in [0.05, 0.1) is 0 Å². The summed E-state index contributed by atoms with van der Waals surface area (Å²) in [6.07, 6.45) is 3.37. The van der Waals surface area contributed by atoms with Gasteiger partial charge in [0.2, 0.25) is 0 Å². The van der Waals surface area contributed by atoms with Crippen LogP contribution >= 0.6 is 11.3 Å². The van der Waals surface area contributed by atoms with E-state index < -0.39 is 5.91 Å². The molecule has 7 heteroatoms. The molecule has 1 amide bonds. The zero-order chi connectivity index (χ0) is 19.0. The Morgan fingerprint density at radius 2 is 2.04 bits per heavy atom. The molecule has 4 aromatic rings. The molecule has 3 heterocycles. The lowest BCUT2D eigenvalue weighted by atomic mass is 10.1. The third-order valence-electron chi connectivity index (χ3n) is 4.26. The number of amides is 1. The molecule has 6 nitrogen and oxygen atoms in total. The number of aryl methyl sites for hydroxylation is 2. The molecule has 0 atom stereocenters. The molecular weight excluding hydrogens is 360 g/mol. The maximum atomic E-state index is 12.5. The predicted molar refractivity (Wildman–Crippen MR) is 107 cm³/mol. The van der Waals surface area contributed by atoms with Crippen LogP contribution in [0.25, 0.3) is 20.9 Å². The highest BCUT2D eigenvalue weighted by Crippen LogP contribution is 2.31. The van der Waals surface area contributed by atoms with Crippen LogP contribution in [0.4, 0.5) is 5.69 Å². The fourth-order valence-electron chi connectivity index (χ4n) is 2.79. The summed E-state index contributed by atoms with van der Waals surface area (Å²) in [5, 5.41) is 3.69. The van der Waals surface area contributed by atoms with E-state index in [1.54, 1.807) is 25.5 Å². The van der Waals surface area contributed by atoms with Crippen LogP contribution in [-0.4, -0.2) is 20.4 Å². The van der Waals surface area contributed by atoms with E-state index >= 15 is 0 Å². The molecule has 0 unspecified atom stereocenters. The second-order valence-electron chi connectivity index (χ2n) is 6.17. The first-order valence-corrected chi connectivity index (χ1v) is 9.14. The van der Waals surface area contributed by atoms with Crippen molar-refractivity contribution in [3.8, 4) is 10.6 Å². The second-order valence-corrected chi connectivity index (χ2v) is 7.15. The fourth-order valence-corrected chi connectivity index (χ4v) is 3.69. The van der Waals surface area contributed by atoms with E-state index in [0.717, 1.165) is 26.5 Å². The van der Waals surface area contributed by atoms with Crippen molar-refractivity contribution in [1.29, 1.82) is 0 Å². The van der Waals surface area contributed by atoms with Crippen LogP contribution in [0.3, 0.4) is 0 Å². The molecule has 0 aliphatic rings. The van der Waals surface area contributed by atoms with Crippen molar-refractivity contribution in [3.63, 3.8) is 0 Å². The maximum Gasteiger partial charge on any atom is 0.263 e. The second kappa shape index (κ2) is 6.77. The normalized spacial score (nSPS) is 10.9. The van der Waals surface area contributed by atoms with Gasteiger partial charge in [0.25, 0.3) is 11.5 Å². The summed E-state index contributed by atoms with van der Waals surface area (Å²) >= 11 is 1.53. The molecule has 27 heavy (non-hydrogen) atoms. The third kappa shape index (κ3) is 3.24. The number of fused-ring (bicyclic) bond motifs is 1. The number of rotatable bonds is 3. The molecule has 0 saturated carbocycles. The molecule has 0 aliphatic heterocycles. The van der Waals surface area contributed by atoms with Gasteiger partial charge in [0.1, 0.15) is 20.9 Å². The number of carbonyl (C=O) groups is 1.